The molecule has 0 bridgehead atoms. The van der Waals surface area contributed by atoms with Gasteiger partial charge in [-0.1, -0.05) is 12.6 Å². The van der Waals surface area contributed by atoms with Gasteiger partial charge in [-0.15, -0.1) is 0 Å². The van der Waals surface area contributed by atoms with Crippen LogP contribution in [-0.4, -0.2) is 37.9 Å². The molecule has 0 unspecified atom stereocenters. The van der Waals surface area contributed by atoms with E-state index in [9.17, 15) is 5.26 Å². The van der Waals surface area contributed by atoms with Crippen LogP contribution in [0.2, 0.25) is 0 Å². The summed E-state index contributed by atoms with van der Waals surface area (Å²) in [6.07, 6.45) is 0. The molecular formula is C36H34N8O. The zero-order chi connectivity index (χ0) is 31.7. The molecule has 0 saturated heterocycles. The van der Waals surface area contributed by atoms with Crippen LogP contribution in [-0.2, 0) is 0 Å². The average Bonchev–Trinajstić information content (AvgIpc) is 3.64. The fourth-order valence-corrected chi connectivity index (χ4v) is 5.10. The molecule has 2 heterocycles. The lowest BCUT2D eigenvalue weighted by molar-refractivity contribution is 0.481. The summed E-state index contributed by atoms with van der Waals surface area (Å²) in [7, 11) is 0. The minimum absolute atomic E-state index is 0.165. The molecule has 0 saturated carbocycles. The number of benzene rings is 4. The summed E-state index contributed by atoms with van der Waals surface area (Å²) < 4.78 is 6.12. The SMILES string of the molecule is C=C(NC(C)C)c1ccc2nc(-c3ccc(Oc4ccc(-c5nc6ccc(C(=N)NC(C)C)cc6[nH]5)cc4C#N)cc3)[nH]c2c1. The Morgan fingerprint density at radius 1 is 0.778 bits per heavy atom. The Morgan fingerprint density at radius 2 is 1.36 bits per heavy atom. The second-order valence-electron chi connectivity index (χ2n) is 11.5. The number of imidazole rings is 2. The molecule has 9 nitrogen and oxygen atoms in total. The monoisotopic (exact) mass is 594 g/mol. The summed E-state index contributed by atoms with van der Waals surface area (Å²) >= 11 is 0. The molecule has 0 aliphatic carbocycles. The van der Waals surface area contributed by atoms with Gasteiger partial charge in [0.05, 0.1) is 27.6 Å². The van der Waals surface area contributed by atoms with Crippen LogP contribution in [0.25, 0.3) is 50.5 Å². The lowest BCUT2D eigenvalue weighted by Gasteiger charge is -2.12. The van der Waals surface area contributed by atoms with E-state index in [1.165, 1.54) is 0 Å². The highest BCUT2D eigenvalue weighted by atomic mass is 16.5. The van der Waals surface area contributed by atoms with E-state index in [2.05, 4.69) is 47.1 Å². The lowest BCUT2D eigenvalue weighted by Crippen LogP contribution is -2.30. The predicted octanol–water partition coefficient (Wildman–Crippen LogP) is 7.73. The van der Waals surface area contributed by atoms with Crippen molar-refractivity contribution >= 4 is 33.6 Å². The largest absolute Gasteiger partial charge is 0.456 e. The average molecular weight is 595 g/mol. The van der Waals surface area contributed by atoms with E-state index in [0.717, 1.165) is 55.8 Å². The van der Waals surface area contributed by atoms with Crippen molar-refractivity contribution in [3.05, 3.63) is 102 Å². The van der Waals surface area contributed by atoms with E-state index < -0.39 is 0 Å². The number of hydrogen-bond donors (Lipinski definition) is 5. The number of amidine groups is 1. The van der Waals surface area contributed by atoms with Gasteiger partial charge in [-0.3, -0.25) is 5.41 Å². The first-order valence-electron chi connectivity index (χ1n) is 14.8. The fourth-order valence-electron chi connectivity index (χ4n) is 5.10. The van der Waals surface area contributed by atoms with Gasteiger partial charge < -0.3 is 25.3 Å². The van der Waals surface area contributed by atoms with Gasteiger partial charge in [0.2, 0.25) is 0 Å². The number of fused-ring (bicyclic) bond motifs is 2. The van der Waals surface area contributed by atoms with Crippen molar-refractivity contribution in [3.63, 3.8) is 0 Å². The minimum Gasteiger partial charge on any atom is -0.456 e. The van der Waals surface area contributed by atoms with Crippen molar-refractivity contribution in [1.29, 1.82) is 10.7 Å². The van der Waals surface area contributed by atoms with Crippen LogP contribution in [0.15, 0.2) is 85.4 Å². The third-order valence-electron chi connectivity index (χ3n) is 7.23. The topological polar surface area (TPSA) is 138 Å². The summed E-state index contributed by atoms with van der Waals surface area (Å²) in [6, 6.07) is 27.4. The molecule has 0 fully saturated rings. The van der Waals surface area contributed by atoms with E-state index >= 15 is 0 Å². The molecule has 9 heteroatoms. The molecule has 224 valence electrons. The highest BCUT2D eigenvalue weighted by Gasteiger charge is 2.13. The molecule has 6 rings (SSSR count). The van der Waals surface area contributed by atoms with Crippen LogP contribution in [0.3, 0.4) is 0 Å². The van der Waals surface area contributed by atoms with Crippen LogP contribution in [0.1, 0.15) is 44.4 Å². The molecule has 0 amide bonds. The molecule has 45 heavy (non-hydrogen) atoms. The maximum absolute atomic E-state index is 9.92. The maximum Gasteiger partial charge on any atom is 0.145 e. The zero-order valence-electron chi connectivity index (χ0n) is 25.6. The van der Waals surface area contributed by atoms with Crippen LogP contribution in [0, 0.1) is 16.7 Å². The number of H-pyrrole nitrogens is 2. The van der Waals surface area contributed by atoms with Gasteiger partial charge in [-0.2, -0.15) is 5.26 Å². The molecule has 0 spiro atoms. The lowest BCUT2D eigenvalue weighted by atomic mass is 10.1. The number of aromatic nitrogens is 4. The number of ether oxygens (including phenoxy) is 1. The Morgan fingerprint density at radius 3 is 1.98 bits per heavy atom. The third-order valence-corrected chi connectivity index (χ3v) is 7.23. The summed E-state index contributed by atoms with van der Waals surface area (Å²) in [4.78, 5) is 16.2. The van der Waals surface area contributed by atoms with Crippen molar-refractivity contribution < 1.29 is 4.74 Å². The van der Waals surface area contributed by atoms with Gasteiger partial charge in [-0.25, -0.2) is 9.97 Å². The summed E-state index contributed by atoms with van der Waals surface area (Å²) in [5.41, 5.74) is 8.13. The number of aromatic amines is 2. The number of nitriles is 1. The fraction of sp³-hybridized carbons (Fsp3) is 0.167. The molecule has 0 radical (unpaired) electrons. The highest BCUT2D eigenvalue weighted by molar-refractivity contribution is 5.99. The van der Waals surface area contributed by atoms with Gasteiger partial charge >= 0.3 is 0 Å². The van der Waals surface area contributed by atoms with Crippen molar-refractivity contribution in [2.75, 3.05) is 0 Å². The first kappa shape index (κ1) is 29.2. The minimum atomic E-state index is 0.165. The number of nitrogens with zero attached hydrogens (tertiary/aromatic N) is 3. The van der Waals surface area contributed by atoms with Gasteiger partial charge in [0.25, 0.3) is 0 Å². The zero-order valence-corrected chi connectivity index (χ0v) is 25.6. The molecule has 0 aliphatic rings. The number of nitrogens with one attached hydrogen (secondary N) is 5. The molecule has 6 aromatic rings. The second-order valence-corrected chi connectivity index (χ2v) is 11.5. The number of hydrogen-bond acceptors (Lipinski definition) is 6. The highest BCUT2D eigenvalue weighted by Crippen LogP contribution is 2.31. The smallest absolute Gasteiger partial charge is 0.145 e. The van der Waals surface area contributed by atoms with Crippen LogP contribution < -0.4 is 15.4 Å². The summed E-state index contributed by atoms with van der Waals surface area (Å²) in [5.74, 6) is 2.80. The van der Waals surface area contributed by atoms with Gasteiger partial charge in [-0.05, 0) is 106 Å². The second kappa shape index (κ2) is 12.0. The van der Waals surface area contributed by atoms with Gasteiger partial charge in [0, 0.05) is 34.5 Å². The molecule has 2 aromatic heterocycles. The number of rotatable bonds is 9. The third kappa shape index (κ3) is 6.26. The van der Waals surface area contributed by atoms with E-state index in [1.54, 1.807) is 12.1 Å². The van der Waals surface area contributed by atoms with Crippen LogP contribution in [0.4, 0.5) is 0 Å². The first-order valence-corrected chi connectivity index (χ1v) is 14.8. The Balaban J connectivity index is 1.19. The van der Waals surface area contributed by atoms with Crippen molar-refractivity contribution in [3.8, 4) is 40.3 Å². The van der Waals surface area contributed by atoms with E-state index in [-0.39, 0.29) is 6.04 Å². The van der Waals surface area contributed by atoms with Crippen molar-refractivity contribution in [2.24, 2.45) is 0 Å². The van der Waals surface area contributed by atoms with Crippen molar-refractivity contribution in [1.82, 2.24) is 30.6 Å². The normalized spacial score (nSPS) is 11.2. The molecule has 0 aliphatic heterocycles. The molecule has 4 aromatic carbocycles. The Labute approximate surface area is 261 Å². The Kier molecular flexibility index (Phi) is 7.80. The maximum atomic E-state index is 9.92. The van der Waals surface area contributed by atoms with E-state index in [1.807, 2.05) is 80.6 Å². The summed E-state index contributed by atoms with van der Waals surface area (Å²) in [6.45, 7) is 12.3. The van der Waals surface area contributed by atoms with Crippen molar-refractivity contribution in [2.45, 2.75) is 39.8 Å². The van der Waals surface area contributed by atoms with Crippen LogP contribution >= 0.6 is 0 Å². The quantitative estimate of drug-likeness (QED) is 0.0858. The molecule has 0 atom stereocenters. The summed E-state index contributed by atoms with van der Waals surface area (Å²) in [5, 5.41) is 24.7. The van der Waals surface area contributed by atoms with Crippen LogP contribution in [0.5, 0.6) is 11.5 Å². The molecule has 5 N–H and O–H groups in total. The van der Waals surface area contributed by atoms with E-state index in [4.69, 9.17) is 20.1 Å². The standard InChI is InChI=1S/C36H34N8O/c1-20(2)39-22(5)24-8-13-29-31(17-24)43-35(41-29)23-6-11-28(12-7-23)45-33-15-10-26(16-27(33)19-37)36-42-30-14-9-25(18-32(30)44-36)34(38)40-21(3)4/h6-18,20-21,39H,5H2,1-4H3,(H2,38,40)(H,41,43)(H,42,44). The molecular weight excluding hydrogens is 560 g/mol. The van der Waals surface area contributed by atoms with Gasteiger partial charge in [0.15, 0.2) is 0 Å². The predicted molar refractivity (Wildman–Crippen MR) is 180 cm³/mol. The van der Waals surface area contributed by atoms with E-state index in [0.29, 0.717) is 34.8 Å². The first-order chi connectivity index (χ1) is 21.7. The van der Waals surface area contributed by atoms with Gasteiger partial charge in [0.1, 0.15) is 35.1 Å². The Bertz CT molecular complexity index is 2090. The Hall–Kier alpha value is -5.88.